The van der Waals surface area contributed by atoms with Crippen LogP contribution in [0.3, 0.4) is 0 Å². The van der Waals surface area contributed by atoms with E-state index < -0.39 is 0 Å². The topological polar surface area (TPSA) is 41.6 Å². The van der Waals surface area contributed by atoms with E-state index in [-0.39, 0.29) is 12.5 Å². The fourth-order valence-electron chi connectivity index (χ4n) is 3.23. The average Bonchev–Trinajstić information content (AvgIpc) is 2.46. The number of carbonyl (C=O) groups is 1. The highest BCUT2D eigenvalue weighted by Crippen LogP contribution is 2.27. The van der Waals surface area contributed by atoms with E-state index in [9.17, 15) is 4.79 Å². The highest BCUT2D eigenvalue weighted by atomic mass is 16.5. The number of carbonyl (C=O) groups excluding carboxylic acids is 1. The Bertz CT molecular complexity index is 481. The number of benzene rings is 1. The Labute approximate surface area is 120 Å². The maximum absolute atomic E-state index is 12.0. The number of nitrogens with zero attached hydrogens (tertiary/aromatic N) is 1. The van der Waals surface area contributed by atoms with Crippen LogP contribution >= 0.6 is 0 Å². The molecule has 2 bridgehead atoms. The smallest absolute Gasteiger partial charge is 0.258 e. The molecule has 1 aromatic rings. The lowest BCUT2D eigenvalue weighted by molar-refractivity contribution is -0.125. The Balaban J connectivity index is 1.48. The molecule has 1 amide bonds. The van der Waals surface area contributed by atoms with Gasteiger partial charge >= 0.3 is 0 Å². The van der Waals surface area contributed by atoms with Crippen LogP contribution in [0.1, 0.15) is 18.4 Å². The predicted molar refractivity (Wildman–Crippen MR) is 77.8 cm³/mol. The molecule has 3 heterocycles. The lowest BCUT2D eigenvalue weighted by atomic mass is 9.84. The minimum absolute atomic E-state index is 0.00902. The van der Waals surface area contributed by atoms with Crippen LogP contribution < -0.4 is 10.1 Å². The first-order valence-corrected chi connectivity index (χ1v) is 7.42. The molecule has 1 N–H and O–H groups in total. The van der Waals surface area contributed by atoms with E-state index in [1.165, 1.54) is 25.9 Å². The number of fused-ring (bicyclic) bond motifs is 3. The van der Waals surface area contributed by atoms with Crippen LogP contribution in [0.15, 0.2) is 24.3 Å². The average molecular weight is 274 g/mol. The Hall–Kier alpha value is -1.55. The summed E-state index contributed by atoms with van der Waals surface area (Å²) in [6.45, 7) is 5.50. The van der Waals surface area contributed by atoms with Crippen molar-refractivity contribution in [3.05, 3.63) is 29.8 Å². The van der Waals surface area contributed by atoms with Crippen LogP contribution in [-0.2, 0) is 4.79 Å². The molecule has 108 valence electrons. The zero-order valence-electron chi connectivity index (χ0n) is 12.0. The largest absolute Gasteiger partial charge is 0.484 e. The van der Waals surface area contributed by atoms with Crippen molar-refractivity contribution >= 4 is 5.91 Å². The number of amides is 1. The number of piperidine rings is 3. The minimum Gasteiger partial charge on any atom is -0.484 e. The Morgan fingerprint density at radius 2 is 2.20 bits per heavy atom. The fourth-order valence-corrected chi connectivity index (χ4v) is 3.23. The maximum atomic E-state index is 12.0. The van der Waals surface area contributed by atoms with Crippen LogP contribution in [0.4, 0.5) is 0 Å². The first-order valence-electron chi connectivity index (χ1n) is 7.42. The molecule has 20 heavy (non-hydrogen) atoms. The van der Waals surface area contributed by atoms with Gasteiger partial charge in [-0.25, -0.2) is 0 Å². The van der Waals surface area contributed by atoms with Crippen LogP contribution in [-0.4, -0.2) is 43.1 Å². The molecule has 0 saturated carbocycles. The molecule has 3 aliphatic rings. The SMILES string of the molecule is Cc1cccc(OCC(=O)NC2CN3CCC2CC3)c1. The lowest BCUT2D eigenvalue weighted by Gasteiger charge is -2.44. The van der Waals surface area contributed by atoms with Crippen molar-refractivity contribution in [1.82, 2.24) is 10.2 Å². The van der Waals surface area contributed by atoms with Crippen molar-refractivity contribution in [1.29, 1.82) is 0 Å². The van der Waals surface area contributed by atoms with Gasteiger partial charge in [0.1, 0.15) is 5.75 Å². The van der Waals surface area contributed by atoms with Crippen LogP contribution in [0.2, 0.25) is 0 Å². The molecule has 4 heteroatoms. The van der Waals surface area contributed by atoms with Crippen molar-refractivity contribution in [2.24, 2.45) is 5.92 Å². The summed E-state index contributed by atoms with van der Waals surface area (Å²) in [6, 6.07) is 8.10. The van der Waals surface area contributed by atoms with Gasteiger partial charge in [-0.2, -0.15) is 0 Å². The summed E-state index contributed by atoms with van der Waals surface area (Å²) in [6.07, 6.45) is 2.42. The van der Waals surface area contributed by atoms with E-state index in [0.717, 1.165) is 17.9 Å². The van der Waals surface area contributed by atoms with Crippen molar-refractivity contribution in [3.8, 4) is 5.75 Å². The Morgan fingerprint density at radius 3 is 2.85 bits per heavy atom. The first-order chi connectivity index (χ1) is 9.70. The highest BCUT2D eigenvalue weighted by molar-refractivity contribution is 5.78. The summed E-state index contributed by atoms with van der Waals surface area (Å²) < 4.78 is 5.54. The number of rotatable bonds is 4. The number of hydrogen-bond acceptors (Lipinski definition) is 3. The van der Waals surface area contributed by atoms with Gasteiger partial charge in [0, 0.05) is 12.6 Å². The van der Waals surface area contributed by atoms with Gasteiger partial charge in [0.05, 0.1) is 0 Å². The van der Waals surface area contributed by atoms with Gasteiger partial charge < -0.3 is 15.0 Å². The highest BCUT2D eigenvalue weighted by Gasteiger charge is 2.34. The summed E-state index contributed by atoms with van der Waals surface area (Å²) >= 11 is 0. The molecule has 0 spiro atoms. The van der Waals surface area contributed by atoms with E-state index in [4.69, 9.17) is 4.74 Å². The van der Waals surface area contributed by atoms with Crippen molar-refractivity contribution in [2.75, 3.05) is 26.2 Å². The predicted octanol–water partition coefficient (Wildman–Crippen LogP) is 1.58. The second-order valence-corrected chi connectivity index (χ2v) is 5.92. The van der Waals surface area contributed by atoms with Crippen molar-refractivity contribution < 1.29 is 9.53 Å². The summed E-state index contributed by atoms with van der Waals surface area (Å²) in [5, 5.41) is 3.13. The molecular formula is C16H22N2O2. The van der Waals surface area contributed by atoms with Crippen molar-refractivity contribution in [2.45, 2.75) is 25.8 Å². The number of ether oxygens (including phenoxy) is 1. The number of nitrogens with one attached hydrogen (secondary N) is 1. The molecule has 1 atom stereocenters. The molecule has 3 fully saturated rings. The van der Waals surface area contributed by atoms with E-state index in [2.05, 4.69) is 10.2 Å². The quantitative estimate of drug-likeness (QED) is 0.906. The van der Waals surface area contributed by atoms with Crippen LogP contribution in [0.25, 0.3) is 0 Å². The Kier molecular flexibility index (Phi) is 3.92. The minimum atomic E-state index is -0.00902. The van der Waals surface area contributed by atoms with Crippen LogP contribution in [0, 0.1) is 12.8 Å². The molecule has 0 radical (unpaired) electrons. The summed E-state index contributed by atoms with van der Waals surface area (Å²) in [7, 11) is 0. The van der Waals surface area contributed by atoms with Gasteiger partial charge in [-0.1, -0.05) is 12.1 Å². The molecular weight excluding hydrogens is 252 g/mol. The van der Waals surface area contributed by atoms with Gasteiger partial charge in [0.25, 0.3) is 5.91 Å². The summed E-state index contributed by atoms with van der Waals surface area (Å²) in [4.78, 5) is 14.4. The van der Waals surface area contributed by atoms with Crippen LogP contribution in [0.5, 0.6) is 5.75 Å². The second kappa shape index (κ2) is 5.83. The van der Waals surface area contributed by atoms with Crippen molar-refractivity contribution in [3.63, 3.8) is 0 Å². The zero-order valence-corrected chi connectivity index (χ0v) is 12.0. The monoisotopic (exact) mass is 274 g/mol. The lowest BCUT2D eigenvalue weighted by Crippen LogP contribution is -2.57. The summed E-state index contributed by atoms with van der Waals surface area (Å²) in [5.41, 5.74) is 1.14. The maximum Gasteiger partial charge on any atom is 0.258 e. The second-order valence-electron chi connectivity index (χ2n) is 5.92. The van der Waals surface area contributed by atoms with Gasteiger partial charge in [0.2, 0.25) is 0 Å². The van der Waals surface area contributed by atoms with Gasteiger partial charge in [-0.3, -0.25) is 4.79 Å². The van der Waals surface area contributed by atoms with E-state index >= 15 is 0 Å². The fraction of sp³-hybridized carbons (Fsp3) is 0.562. The molecule has 4 nitrogen and oxygen atoms in total. The van der Waals surface area contributed by atoms with E-state index in [0.29, 0.717) is 12.0 Å². The normalized spacial score (nSPS) is 28.1. The van der Waals surface area contributed by atoms with E-state index in [1.54, 1.807) is 0 Å². The number of hydrogen-bond donors (Lipinski definition) is 1. The number of aryl methyl sites for hydroxylation is 1. The molecule has 0 aliphatic carbocycles. The van der Waals surface area contributed by atoms with Gasteiger partial charge in [-0.05, 0) is 56.5 Å². The van der Waals surface area contributed by atoms with Gasteiger partial charge in [-0.15, -0.1) is 0 Å². The third-order valence-electron chi connectivity index (χ3n) is 4.36. The Morgan fingerprint density at radius 1 is 1.40 bits per heavy atom. The molecule has 4 rings (SSSR count). The first kappa shape index (κ1) is 13.4. The van der Waals surface area contributed by atoms with E-state index in [1.807, 2.05) is 31.2 Å². The third kappa shape index (κ3) is 3.12. The molecule has 0 aromatic heterocycles. The van der Waals surface area contributed by atoms with Gasteiger partial charge in [0.15, 0.2) is 6.61 Å². The molecule has 3 aliphatic heterocycles. The molecule has 1 aromatic carbocycles. The third-order valence-corrected chi connectivity index (χ3v) is 4.36. The zero-order chi connectivity index (χ0) is 13.9. The molecule has 1 unspecified atom stereocenters. The summed E-state index contributed by atoms with van der Waals surface area (Å²) in [5.74, 6) is 1.40. The molecule has 3 saturated heterocycles. The standard InChI is InChI=1S/C16H22N2O2/c1-12-3-2-4-14(9-12)20-11-16(19)17-15-10-18-7-5-13(15)6-8-18/h2-4,9,13,15H,5-8,10-11H2,1H3,(H,17,19).